The Labute approximate surface area is 198 Å². The lowest BCUT2D eigenvalue weighted by atomic mass is 9.95. The number of aliphatic carboxylic acids is 1. The van der Waals surface area contributed by atoms with Gasteiger partial charge < -0.3 is 14.6 Å². The van der Waals surface area contributed by atoms with Crippen LogP contribution >= 0.6 is 11.3 Å². The molecule has 1 aliphatic rings. The Balaban J connectivity index is 1.83. The molecule has 4 rings (SSSR count). The fraction of sp³-hybridized carbons (Fsp3) is 0.200. The van der Waals surface area contributed by atoms with E-state index in [1.165, 1.54) is 18.4 Å². The van der Waals surface area contributed by atoms with Crippen LogP contribution in [0.4, 0.5) is 0 Å². The van der Waals surface area contributed by atoms with Crippen molar-refractivity contribution in [1.82, 2.24) is 4.57 Å². The predicted molar refractivity (Wildman–Crippen MR) is 126 cm³/mol. The van der Waals surface area contributed by atoms with Crippen LogP contribution in [0, 0.1) is 0 Å². The molecule has 174 valence electrons. The van der Waals surface area contributed by atoms with Gasteiger partial charge >= 0.3 is 11.9 Å². The molecule has 0 bridgehead atoms. The Kier molecular flexibility index (Phi) is 6.74. The summed E-state index contributed by atoms with van der Waals surface area (Å²) in [7, 11) is 1.32. The van der Waals surface area contributed by atoms with Crippen LogP contribution in [0.25, 0.3) is 6.08 Å². The molecule has 9 heteroatoms. The van der Waals surface area contributed by atoms with Gasteiger partial charge in [0.2, 0.25) is 0 Å². The number of hydrogen-bond acceptors (Lipinski definition) is 7. The Morgan fingerprint density at radius 1 is 1.15 bits per heavy atom. The number of hydrogen-bond donors (Lipinski definition) is 1. The van der Waals surface area contributed by atoms with Gasteiger partial charge in [0.1, 0.15) is 5.75 Å². The van der Waals surface area contributed by atoms with Gasteiger partial charge in [-0.25, -0.2) is 14.6 Å². The first kappa shape index (κ1) is 23.2. The van der Waals surface area contributed by atoms with E-state index in [0.717, 1.165) is 11.1 Å². The van der Waals surface area contributed by atoms with Crippen molar-refractivity contribution in [2.24, 2.45) is 4.99 Å². The van der Waals surface area contributed by atoms with E-state index in [4.69, 9.17) is 14.6 Å². The highest BCUT2D eigenvalue weighted by molar-refractivity contribution is 7.07. The average Bonchev–Trinajstić information content (AvgIpc) is 3.16. The third-order valence-electron chi connectivity index (χ3n) is 5.31. The number of carbonyl (C=O) groups excluding carboxylic acids is 1. The van der Waals surface area contributed by atoms with Gasteiger partial charge in [0.05, 0.1) is 29.0 Å². The van der Waals surface area contributed by atoms with Gasteiger partial charge in [-0.15, -0.1) is 0 Å². The van der Waals surface area contributed by atoms with Crippen molar-refractivity contribution in [3.8, 4) is 5.75 Å². The van der Waals surface area contributed by atoms with Crippen LogP contribution in [0.15, 0.2) is 75.7 Å². The highest BCUT2D eigenvalue weighted by Gasteiger charge is 2.33. The summed E-state index contributed by atoms with van der Waals surface area (Å²) in [6, 6.07) is 15.5. The Hall–Kier alpha value is -3.98. The van der Waals surface area contributed by atoms with E-state index >= 15 is 0 Å². The average molecular weight is 479 g/mol. The van der Waals surface area contributed by atoms with Gasteiger partial charge in [0, 0.05) is 0 Å². The highest BCUT2D eigenvalue weighted by atomic mass is 32.1. The summed E-state index contributed by atoms with van der Waals surface area (Å²) < 4.78 is 12.2. The third-order valence-corrected chi connectivity index (χ3v) is 6.29. The first-order valence-electron chi connectivity index (χ1n) is 10.6. The van der Waals surface area contributed by atoms with Crippen molar-refractivity contribution < 1.29 is 24.2 Å². The van der Waals surface area contributed by atoms with E-state index in [0.29, 0.717) is 32.8 Å². The van der Waals surface area contributed by atoms with Crippen molar-refractivity contribution in [1.29, 1.82) is 0 Å². The fourth-order valence-corrected chi connectivity index (χ4v) is 4.79. The van der Waals surface area contributed by atoms with Crippen molar-refractivity contribution >= 4 is 29.4 Å². The molecular formula is C25H22N2O6S. The topological polar surface area (TPSA) is 107 Å². The minimum absolute atomic E-state index is 0.264. The molecule has 0 aliphatic carbocycles. The predicted octanol–water partition coefficient (Wildman–Crippen LogP) is 2.26. The molecule has 0 fully saturated rings. The smallest absolute Gasteiger partial charge is 0.341 e. The third kappa shape index (κ3) is 4.55. The number of ether oxygens (including phenoxy) is 2. The number of fused-ring (bicyclic) bond motifs is 1. The van der Waals surface area contributed by atoms with Crippen LogP contribution in [0.5, 0.6) is 5.75 Å². The quantitative estimate of drug-likeness (QED) is 0.522. The van der Waals surface area contributed by atoms with Crippen LogP contribution in [-0.2, 0) is 14.3 Å². The number of carbonyl (C=O) groups is 2. The number of thiazole rings is 1. The number of rotatable bonds is 7. The lowest BCUT2D eigenvalue weighted by molar-refractivity contribution is -0.139. The van der Waals surface area contributed by atoms with E-state index < -0.39 is 24.6 Å². The molecule has 0 unspecified atom stereocenters. The first-order chi connectivity index (χ1) is 16.4. The normalized spacial score (nSPS) is 15.5. The van der Waals surface area contributed by atoms with Crippen molar-refractivity contribution in [2.75, 3.05) is 13.7 Å². The molecule has 0 radical (unpaired) electrons. The highest BCUT2D eigenvalue weighted by Crippen LogP contribution is 2.31. The summed E-state index contributed by atoms with van der Waals surface area (Å²) >= 11 is 1.25. The summed E-state index contributed by atoms with van der Waals surface area (Å²) in [5.74, 6) is -1.16. The maximum absolute atomic E-state index is 13.5. The number of methoxy groups -OCH3 is 1. The summed E-state index contributed by atoms with van der Waals surface area (Å²) in [4.78, 5) is 42.1. The van der Waals surface area contributed by atoms with E-state index in [9.17, 15) is 14.4 Å². The number of carboxylic acid groups (broad SMARTS) is 1. The Morgan fingerprint density at radius 3 is 2.47 bits per heavy atom. The molecular weight excluding hydrogens is 456 g/mol. The van der Waals surface area contributed by atoms with Crippen LogP contribution in [0.2, 0.25) is 0 Å². The number of nitrogens with zero attached hydrogens (tertiary/aromatic N) is 2. The molecule has 34 heavy (non-hydrogen) atoms. The monoisotopic (exact) mass is 478 g/mol. The Morgan fingerprint density at radius 2 is 1.85 bits per heavy atom. The number of benzene rings is 2. The minimum Gasteiger partial charge on any atom is -0.482 e. The molecule has 0 amide bonds. The largest absolute Gasteiger partial charge is 0.482 e. The van der Waals surface area contributed by atoms with E-state index in [1.54, 1.807) is 34.9 Å². The van der Waals surface area contributed by atoms with Gasteiger partial charge in [0.15, 0.2) is 11.4 Å². The van der Waals surface area contributed by atoms with E-state index in [-0.39, 0.29) is 5.56 Å². The molecule has 3 aromatic rings. The molecule has 0 spiro atoms. The molecule has 1 atom stereocenters. The molecule has 2 aromatic carbocycles. The number of carboxylic acids is 1. The van der Waals surface area contributed by atoms with Crippen LogP contribution in [-0.4, -0.2) is 35.3 Å². The summed E-state index contributed by atoms with van der Waals surface area (Å²) in [5.41, 5.74) is 2.22. The molecule has 0 saturated carbocycles. The zero-order chi connectivity index (χ0) is 24.2. The second kappa shape index (κ2) is 9.88. The van der Waals surface area contributed by atoms with Crippen molar-refractivity contribution in [3.63, 3.8) is 0 Å². The molecule has 8 nitrogen and oxygen atoms in total. The number of allylic oxidation sites excluding steroid dienone is 1. The maximum atomic E-state index is 13.5. The Bertz CT molecular complexity index is 1440. The lowest BCUT2D eigenvalue weighted by Crippen LogP contribution is -2.40. The van der Waals surface area contributed by atoms with Gasteiger partial charge in [-0.05, 0) is 35.8 Å². The molecule has 1 aliphatic heterocycles. The summed E-state index contributed by atoms with van der Waals surface area (Å²) in [6.45, 7) is 1.48. The summed E-state index contributed by atoms with van der Waals surface area (Å²) in [6.07, 6.45) is 2.25. The van der Waals surface area contributed by atoms with Crippen LogP contribution in [0.1, 0.15) is 30.5 Å². The summed E-state index contributed by atoms with van der Waals surface area (Å²) in [5, 5.41) is 8.74. The SMILES string of the molecule is CCC1=C(C(=O)OC)[C@H](c2ccccc2)n2c(s/c(=C\c3ccc(OCC(=O)O)cc3)c2=O)=N1. The van der Waals surface area contributed by atoms with Gasteiger partial charge in [-0.3, -0.25) is 9.36 Å². The van der Waals surface area contributed by atoms with Gasteiger partial charge in [-0.1, -0.05) is 60.7 Å². The molecule has 0 saturated heterocycles. The fourth-order valence-electron chi connectivity index (χ4n) is 3.77. The standard InChI is InChI=1S/C25H22N2O6S/c1-3-18-21(24(31)32-2)22(16-7-5-4-6-8-16)27-23(30)19(34-25(27)26-18)13-15-9-11-17(12-10-15)33-14-20(28)29/h4-13,22H,3,14H2,1-2H3,(H,28,29)/b19-13-/t22-/m0/s1. The van der Waals surface area contributed by atoms with E-state index in [2.05, 4.69) is 4.99 Å². The second-order valence-corrected chi connectivity index (χ2v) is 8.46. The second-order valence-electron chi connectivity index (χ2n) is 7.45. The van der Waals surface area contributed by atoms with Gasteiger partial charge in [0.25, 0.3) is 5.56 Å². The zero-order valence-electron chi connectivity index (χ0n) is 18.6. The maximum Gasteiger partial charge on any atom is 0.341 e. The zero-order valence-corrected chi connectivity index (χ0v) is 19.4. The van der Waals surface area contributed by atoms with Crippen LogP contribution in [0.3, 0.4) is 0 Å². The van der Waals surface area contributed by atoms with Crippen LogP contribution < -0.4 is 19.6 Å². The number of esters is 1. The first-order valence-corrected chi connectivity index (χ1v) is 11.4. The lowest BCUT2D eigenvalue weighted by Gasteiger charge is -2.25. The van der Waals surface area contributed by atoms with E-state index in [1.807, 2.05) is 37.3 Å². The molecule has 1 N–H and O–H groups in total. The number of aromatic nitrogens is 1. The van der Waals surface area contributed by atoms with Crippen molar-refractivity contribution in [3.05, 3.63) is 96.7 Å². The molecule has 2 heterocycles. The minimum atomic E-state index is -1.06. The van der Waals surface area contributed by atoms with Crippen molar-refractivity contribution in [2.45, 2.75) is 19.4 Å². The van der Waals surface area contributed by atoms with Gasteiger partial charge in [-0.2, -0.15) is 0 Å². The molecule has 1 aromatic heterocycles.